The molecule has 1 rings (SSSR count). The van der Waals surface area contributed by atoms with Crippen LogP contribution in [0.3, 0.4) is 0 Å². The van der Waals surface area contributed by atoms with Crippen LogP contribution < -0.4 is 5.73 Å². The molecular formula is C14H27N3OS. The van der Waals surface area contributed by atoms with Gasteiger partial charge in [0.25, 0.3) is 0 Å². The van der Waals surface area contributed by atoms with Crippen LogP contribution >= 0.6 is 12.2 Å². The summed E-state index contributed by atoms with van der Waals surface area (Å²) in [5.74, 6) is -0.0416. The number of amides is 1. The van der Waals surface area contributed by atoms with Crippen molar-refractivity contribution < 1.29 is 4.79 Å². The van der Waals surface area contributed by atoms with Gasteiger partial charge in [-0.15, -0.1) is 0 Å². The van der Waals surface area contributed by atoms with Crippen molar-refractivity contribution in [2.75, 3.05) is 26.2 Å². The van der Waals surface area contributed by atoms with E-state index in [0.717, 1.165) is 32.6 Å². The van der Waals surface area contributed by atoms with Crippen molar-refractivity contribution in [3.8, 4) is 0 Å². The zero-order valence-electron chi connectivity index (χ0n) is 12.6. The molecule has 2 N–H and O–H groups in total. The first-order valence-corrected chi connectivity index (χ1v) is 7.65. The molecule has 0 radical (unpaired) electrons. The average Bonchev–Trinajstić information content (AvgIpc) is 2.79. The highest BCUT2D eigenvalue weighted by molar-refractivity contribution is 7.80. The molecule has 0 aromatic carbocycles. The van der Waals surface area contributed by atoms with Crippen LogP contribution in [0.2, 0.25) is 0 Å². The number of thiocarbonyl (C=S) groups is 1. The number of hydrogen-bond acceptors (Lipinski definition) is 3. The van der Waals surface area contributed by atoms with E-state index in [1.165, 1.54) is 0 Å². The van der Waals surface area contributed by atoms with Crippen molar-refractivity contribution in [3.05, 3.63) is 0 Å². The first-order valence-electron chi connectivity index (χ1n) is 7.24. The highest BCUT2D eigenvalue weighted by atomic mass is 32.1. The van der Waals surface area contributed by atoms with Crippen LogP contribution in [0.5, 0.6) is 0 Å². The topological polar surface area (TPSA) is 49.6 Å². The highest BCUT2D eigenvalue weighted by Crippen LogP contribution is 2.21. The fraction of sp³-hybridized carbons (Fsp3) is 0.857. The second-order valence-electron chi connectivity index (χ2n) is 5.57. The van der Waals surface area contributed by atoms with E-state index in [-0.39, 0.29) is 17.7 Å². The van der Waals surface area contributed by atoms with E-state index in [4.69, 9.17) is 18.0 Å². The first-order chi connectivity index (χ1) is 8.92. The van der Waals surface area contributed by atoms with Crippen molar-refractivity contribution >= 4 is 23.1 Å². The van der Waals surface area contributed by atoms with Crippen LogP contribution in [0.1, 0.15) is 34.1 Å². The van der Waals surface area contributed by atoms with Gasteiger partial charge in [0.15, 0.2) is 0 Å². The van der Waals surface area contributed by atoms with Crippen LogP contribution in [-0.4, -0.2) is 52.9 Å². The molecule has 0 aromatic heterocycles. The van der Waals surface area contributed by atoms with Gasteiger partial charge >= 0.3 is 0 Å². The lowest BCUT2D eigenvalue weighted by Gasteiger charge is -2.28. The van der Waals surface area contributed by atoms with Gasteiger partial charge < -0.3 is 10.6 Å². The maximum absolute atomic E-state index is 12.5. The van der Waals surface area contributed by atoms with E-state index in [2.05, 4.69) is 18.7 Å². The molecule has 110 valence electrons. The summed E-state index contributed by atoms with van der Waals surface area (Å²) in [6.45, 7) is 12.0. The molecule has 0 aromatic rings. The molecule has 4 nitrogen and oxygen atoms in total. The van der Waals surface area contributed by atoms with Crippen LogP contribution in [0.4, 0.5) is 0 Å². The Morgan fingerprint density at radius 3 is 2.42 bits per heavy atom. The van der Waals surface area contributed by atoms with Crippen LogP contribution in [0.15, 0.2) is 0 Å². The third-order valence-electron chi connectivity index (χ3n) is 4.04. The predicted octanol–water partition coefficient (Wildman–Crippen LogP) is 1.49. The van der Waals surface area contributed by atoms with Crippen molar-refractivity contribution in [1.29, 1.82) is 0 Å². The molecular weight excluding hydrogens is 258 g/mol. The number of likely N-dealkylation sites (tertiary alicyclic amines) is 1. The van der Waals surface area contributed by atoms with E-state index in [9.17, 15) is 4.79 Å². The van der Waals surface area contributed by atoms with E-state index >= 15 is 0 Å². The van der Waals surface area contributed by atoms with E-state index in [1.54, 1.807) is 0 Å². The quantitative estimate of drug-likeness (QED) is 0.751. The summed E-state index contributed by atoms with van der Waals surface area (Å²) in [6.07, 6.45) is 1.05. The second kappa shape index (κ2) is 7.20. The van der Waals surface area contributed by atoms with E-state index in [0.29, 0.717) is 11.0 Å². The maximum Gasteiger partial charge on any atom is 0.232 e. The Labute approximate surface area is 122 Å². The maximum atomic E-state index is 12.5. The third kappa shape index (κ3) is 3.89. The summed E-state index contributed by atoms with van der Waals surface area (Å²) in [5.41, 5.74) is 5.73. The number of rotatable bonds is 6. The van der Waals surface area contributed by atoms with Gasteiger partial charge in [0.05, 0.1) is 10.9 Å². The summed E-state index contributed by atoms with van der Waals surface area (Å²) < 4.78 is 0. The molecule has 1 amide bonds. The Morgan fingerprint density at radius 2 is 2.00 bits per heavy atom. The molecule has 1 heterocycles. The monoisotopic (exact) mass is 285 g/mol. The predicted molar refractivity (Wildman–Crippen MR) is 83.0 cm³/mol. The highest BCUT2D eigenvalue weighted by Gasteiger charge is 2.35. The normalized spacial score (nSPS) is 21.2. The van der Waals surface area contributed by atoms with Gasteiger partial charge in [-0.05, 0) is 25.4 Å². The van der Waals surface area contributed by atoms with Gasteiger partial charge in [-0.25, -0.2) is 0 Å². The molecule has 5 heteroatoms. The standard InChI is InChI=1S/C14H27N3OS/c1-5-16(6-2)11-7-8-17(9-11)14(18)12(10(3)4)13(15)19/h10-12H,5-9H2,1-4H3,(H2,15,19). The molecule has 1 aliphatic heterocycles. The minimum Gasteiger partial charge on any atom is -0.393 e. The molecule has 19 heavy (non-hydrogen) atoms. The summed E-state index contributed by atoms with van der Waals surface area (Å²) in [5, 5.41) is 0. The van der Waals surface area contributed by atoms with Gasteiger partial charge in [0, 0.05) is 19.1 Å². The lowest BCUT2D eigenvalue weighted by atomic mass is 9.94. The number of carbonyl (C=O) groups excluding carboxylic acids is 1. The average molecular weight is 285 g/mol. The van der Waals surface area contributed by atoms with Gasteiger partial charge in [0.1, 0.15) is 0 Å². The molecule has 0 bridgehead atoms. The third-order valence-corrected chi connectivity index (χ3v) is 4.30. The van der Waals surface area contributed by atoms with Crippen LogP contribution in [0.25, 0.3) is 0 Å². The Morgan fingerprint density at radius 1 is 1.42 bits per heavy atom. The molecule has 1 aliphatic rings. The van der Waals surface area contributed by atoms with Crippen molar-refractivity contribution in [2.24, 2.45) is 17.6 Å². The Hall–Kier alpha value is -0.680. The Kier molecular flexibility index (Phi) is 6.20. The van der Waals surface area contributed by atoms with Crippen molar-refractivity contribution in [2.45, 2.75) is 40.2 Å². The number of carbonyl (C=O) groups is 1. The lowest BCUT2D eigenvalue weighted by Crippen LogP contribution is -2.44. The summed E-state index contributed by atoms with van der Waals surface area (Å²) in [7, 11) is 0. The van der Waals surface area contributed by atoms with Gasteiger partial charge in [-0.1, -0.05) is 39.9 Å². The molecule has 0 aliphatic carbocycles. The van der Waals surface area contributed by atoms with E-state index < -0.39 is 0 Å². The van der Waals surface area contributed by atoms with Crippen LogP contribution in [-0.2, 0) is 4.79 Å². The molecule has 0 spiro atoms. The fourth-order valence-electron chi connectivity index (χ4n) is 2.91. The fourth-order valence-corrected chi connectivity index (χ4v) is 3.29. The Balaban J connectivity index is 2.68. The number of hydrogen-bond donors (Lipinski definition) is 1. The molecule has 1 saturated heterocycles. The zero-order valence-corrected chi connectivity index (χ0v) is 13.4. The van der Waals surface area contributed by atoms with Gasteiger partial charge in [-0.3, -0.25) is 9.69 Å². The minimum absolute atomic E-state index is 0.108. The number of nitrogens with zero attached hydrogens (tertiary/aromatic N) is 2. The van der Waals surface area contributed by atoms with E-state index in [1.807, 2.05) is 18.7 Å². The SMILES string of the molecule is CCN(CC)C1CCN(C(=O)C(C(N)=S)C(C)C)C1. The zero-order chi connectivity index (χ0) is 14.6. The molecule has 0 saturated carbocycles. The van der Waals surface area contributed by atoms with Gasteiger partial charge in [0.2, 0.25) is 5.91 Å². The molecule has 1 fully saturated rings. The van der Waals surface area contributed by atoms with Gasteiger partial charge in [-0.2, -0.15) is 0 Å². The summed E-state index contributed by atoms with van der Waals surface area (Å²) >= 11 is 5.05. The lowest BCUT2D eigenvalue weighted by molar-refractivity contribution is -0.133. The first kappa shape index (κ1) is 16.4. The summed E-state index contributed by atoms with van der Waals surface area (Å²) in [4.78, 5) is 17.2. The van der Waals surface area contributed by atoms with Crippen LogP contribution in [0, 0.1) is 11.8 Å². The Bertz CT molecular complexity index is 329. The smallest absolute Gasteiger partial charge is 0.232 e. The number of nitrogens with two attached hydrogens (primary N) is 1. The summed E-state index contributed by atoms with van der Waals surface area (Å²) in [6, 6.07) is 0.484. The number of likely N-dealkylation sites (N-methyl/N-ethyl adjacent to an activating group) is 1. The van der Waals surface area contributed by atoms with Crippen molar-refractivity contribution in [1.82, 2.24) is 9.80 Å². The molecule has 2 unspecified atom stereocenters. The largest absolute Gasteiger partial charge is 0.393 e. The van der Waals surface area contributed by atoms with Crippen molar-refractivity contribution in [3.63, 3.8) is 0 Å². The second-order valence-corrected chi connectivity index (χ2v) is 6.04. The minimum atomic E-state index is -0.314. The molecule has 2 atom stereocenters.